The SMILES string of the molecule is CS(Cc1cc2cc(c1)OCCCCCOc1cc(ccc1F)-c1nc(ncc1F)N2)=NC(=O)OC(C)(C)C. The lowest BCUT2D eigenvalue weighted by Crippen LogP contribution is -2.22. The Morgan fingerprint density at radius 2 is 1.85 bits per heavy atom. The van der Waals surface area contributed by atoms with Gasteiger partial charge in [0.05, 0.1) is 19.4 Å². The van der Waals surface area contributed by atoms with Gasteiger partial charge in [-0.15, -0.1) is 0 Å². The first-order valence-electron chi connectivity index (χ1n) is 12.6. The van der Waals surface area contributed by atoms with Crippen molar-refractivity contribution >= 4 is 28.4 Å². The number of nitrogens with one attached hydrogen (secondary N) is 1. The summed E-state index contributed by atoms with van der Waals surface area (Å²) in [5.74, 6) is 0.137. The Labute approximate surface area is 229 Å². The van der Waals surface area contributed by atoms with Gasteiger partial charge in [-0.2, -0.15) is 4.36 Å². The fourth-order valence-electron chi connectivity index (χ4n) is 3.85. The van der Waals surface area contributed by atoms with Crippen molar-refractivity contribution < 1.29 is 27.8 Å². The van der Waals surface area contributed by atoms with Crippen LogP contribution in [0.2, 0.25) is 0 Å². The standard InChI is InChI=1S/C28H32F2N4O4S/c1-28(2,3)38-27(35)34-39(4)17-18-12-20-15-21(13-18)36-10-6-5-7-11-37-24-14-19(8-9-22(24)29)25-23(30)16-31-26(32-20)33-25/h8-9,12-16H,5-7,10-11,17H2,1-4H3,(H,31,32,33). The van der Waals surface area contributed by atoms with Crippen molar-refractivity contribution in [1.82, 2.24) is 9.97 Å². The fraction of sp³-hybridized carbons (Fsp3) is 0.393. The van der Waals surface area contributed by atoms with Gasteiger partial charge in [-0.3, -0.25) is 0 Å². The molecule has 0 saturated carbocycles. The van der Waals surface area contributed by atoms with Gasteiger partial charge in [0.25, 0.3) is 0 Å². The van der Waals surface area contributed by atoms with E-state index >= 15 is 0 Å². The van der Waals surface area contributed by atoms with E-state index in [1.807, 2.05) is 24.5 Å². The molecule has 0 radical (unpaired) electrons. The van der Waals surface area contributed by atoms with Crippen LogP contribution < -0.4 is 14.8 Å². The highest BCUT2D eigenvalue weighted by molar-refractivity contribution is 7.86. The maximum absolute atomic E-state index is 14.7. The van der Waals surface area contributed by atoms with Crippen LogP contribution >= 0.6 is 0 Å². The number of fused-ring (bicyclic) bond motifs is 7. The summed E-state index contributed by atoms with van der Waals surface area (Å²) in [5, 5.41) is 3.12. The van der Waals surface area contributed by atoms with Crippen LogP contribution in [0.1, 0.15) is 45.6 Å². The summed E-state index contributed by atoms with van der Waals surface area (Å²) in [5.41, 5.74) is 1.27. The zero-order valence-corrected chi connectivity index (χ0v) is 23.2. The number of benzene rings is 2. The van der Waals surface area contributed by atoms with Crippen LogP contribution in [0, 0.1) is 11.6 Å². The summed E-state index contributed by atoms with van der Waals surface area (Å²) in [6.45, 7) is 6.18. The molecular weight excluding hydrogens is 526 g/mol. The molecule has 1 aliphatic heterocycles. The van der Waals surface area contributed by atoms with Crippen LogP contribution in [0.4, 0.5) is 25.2 Å². The lowest BCUT2D eigenvalue weighted by Gasteiger charge is -2.17. The summed E-state index contributed by atoms with van der Waals surface area (Å²) in [7, 11) is -0.645. The molecule has 1 amide bonds. The van der Waals surface area contributed by atoms with Gasteiger partial charge in [0.15, 0.2) is 17.4 Å². The topological polar surface area (TPSA) is 94.9 Å². The van der Waals surface area contributed by atoms with E-state index in [1.54, 1.807) is 20.8 Å². The molecule has 1 atom stereocenters. The normalized spacial score (nSPS) is 14.8. The smallest absolute Gasteiger partial charge is 0.440 e. The number of ether oxygens (including phenoxy) is 3. The van der Waals surface area contributed by atoms with Crippen molar-refractivity contribution in [3.63, 3.8) is 0 Å². The third-order valence-electron chi connectivity index (χ3n) is 5.49. The van der Waals surface area contributed by atoms with E-state index < -0.39 is 34.0 Å². The van der Waals surface area contributed by atoms with Crippen LogP contribution in [-0.4, -0.2) is 41.1 Å². The first kappa shape index (κ1) is 28.4. The Kier molecular flexibility index (Phi) is 9.11. The van der Waals surface area contributed by atoms with E-state index in [1.165, 1.54) is 18.2 Å². The molecule has 0 spiro atoms. The van der Waals surface area contributed by atoms with Gasteiger partial charge in [-0.05, 0) is 82.2 Å². The molecule has 1 unspecified atom stereocenters. The second kappa shape index (κ2) is 12.5. The van der Waals surface area contributed by atoms with Crippen LogP contribution in [0.25, 0.3) is 11.3 Å². The number of hydrogen-bond donors (Lipinski definition) is 1. The maximum Gasteiger partial charge on any atom is 0.440 e. The van der Waals surface area contributed by atoms with Crippen molar-refractivity contribution in [3.8, 4) is 22.8 Å². The quantitative estimate of drug-likeness (QED) is 0.363. The Hall–Kier alpha value is -3.60. The molecule has 8 nitrogen and oxygen atoms in total. The lowest BCUT2D eigenvalue weighted by molar-refractivity contribution is 0.0608. The van der Waals surface area contributed by atoms with E-state index in [0.717, 1.165) is 24.6 Å². The zero-order valence-electron chi connectivity index (χ0n) is 22.4. The minimum Gasteiger partial charge on any atom is -0.494 e. The third-order valence-corrected chi connectivity index (χ3v) is 6.70. The molecule has 1 aliphatic rings. The Bertz CT molecular complexity index is 1380. The monoisotopic (exact) mass is 558 g/mol. The lowest BCUT2D eigenvalue weighted by atomic mass is 10.1. The van der Waals surface area contributed by atoms with Gasteiger partial charge in [0.1, 0.15) is 17.0 Å². The van der Waals surface area contributed by atoms with Crippen molar-refractivity contribution in [1.29, 1.82) is 0 Å². The summed E-state index contributed by atoms with van der Waals surface area (Å²) in [6, 6.07) is 9.73. The van der Waals surface area contributed by atoms with Crippen LogP contribution in [0.5, 0.6) is 11.5 Å². The second-order valence-electron chi connectivity index (χ2n) is 10.1. The number of aromatic nitrogens is 2. The molecule has 0 aliphatic carbocycles. The van der Waals surface area contributed by atoms with Crippen LogP contribution in [-0.2, 0) is 21.2 Å². The minimum atomic E-state index is -0.646. The summed E-state index contributed by atoms with van der Waals surface area (Å²) < 4.78 is 50.1. The first-order chi connectivity index (χ1) is 18.6. The molecule has 0 saturated heterocycles. The summed E-state index contributed by atoms with van der Waals surface area (Å²) >= 11 is 0. The van der Waals surface area contributed by atoms with Crippen LogP contribution in [0.15, 0.2) is 47.0 Å². The highest BCUT2D eigenvalue weighted by Crippen LogP contribution is 2.30. The van der Waals surface area contributed by atoms with E-state index in [9.17, 15) is 13.6 Å². The number of hydrogen-bond acceptors (Lipinski definition) is 7. The third kappa shape index (κ3) is 8.44. The average Bonchev–Trinajstić information content (AvgIpc) is 2.84. The van der Waals surface area contributed by atoms with Crippen LogP contribution in [0.3, 0.4) is 0 Å². The molecule has 11 heteroatoms. The second-order valence-corrected chi connectivity index (χ2v) is 11.8. The molecule has 2 heterocycles. The first-order valence-corrected chi connectivity index (χ1v) is 14.4. The largest absolute Gasteiger partial charge is 0.494 e. The molecular formula is C28H32F2N4O4S. The van der Waals surface area contributed by atoms with Crippen molar-refractivity contribution in [3.05, 3.63) is 59.8 Å². The number of nitrogens with zero attached hydrogens (tertiary/aromatic N) is 3. The Morgan fingerprint density at radius 1 is 1.08 bits per heavy atom. The summed E-state index contributed by atoms with van der Waals surface area (Å²) in [4.78, 5) is 20.6. The predicted molar refractivity (Wildman–Crippen MR) is 148 cm³/mol. The highest BCUT2D eigenvalue weighted by Gasteiger charge is 2.17. The highest BCUT2D eigenvalue weighted by atomic mass is 32.2. The number of halogens is 2. The summed E-state index contributed by atoms with van der Waals surface area (Å²) in [6.07, 6.45) is 4.63. The number of amides is 1. The van der Waals surface area contributed by atoms with E-state index in [0.29, 0.717) is 42.4 Å². The Morgan fingerprint density at radius 3 is 2.62 bits per heavy atom. The zero-order chi connectivity index (χ0) is 28.0. The molecule has 2 aromatic carbocycles. The molecule has 0 fully saturated rings. The van der Waals surface area contributed by atoms with Gasteiger partial charge in [0.2, 0.25) is 5.95 Å². The van der Waals surface area contributed by atoms with Gasteiger partial charge in [0, 0.05) is 23.1 Å². The predicted octanol–water partition coefficient (Wildman–Crippen LogP) is 6.97. The molecule has 4 rings (SSSR count). The molecule has 208 valence electrons. The van der Waals surface area contributed by atoms with Gasteiger partial charge in [-0.1, -0.05) is 10.7 Å². The molecule has 1 N–H and O–H groups in total. The van der Waals surface area contributed by atoms with Crippen molar-refractivity contribution in [2.45, 2.75) is 51.4 Å². The average molecular weight is 559 g/mol. The van der Waals surface area contributed by atoms with Crippen molar-refractivity contribution in [2.24, 2.45) is 4.36 Å². The maximum atomic E-state index is 14.7. The fourth-order valence-corrected chi connectivity index (χ4v) is 4.86. The van der Waals surface area contributed by atoms with E-state index in [4.69, 9.17) is 14.2 Å². The minimum absolute atomic E-state index is 0.0144. The molecule has 6 bridgehead atoms. The van der Waals surface area contributed by atoms with E-state index in [-0.39, 0.29) is 17.4 Å². The molecule has 39 heavy (non-hydrogen) atoms. The van der Waals surface area contributed by atoms with Gasteiger partial charge < -0.3 is 19.5 Å². The van der Waals surface area contributed by atoms with E-state index in [2.05, 4.69) is 19.6 Å². The Balaban J connectivity index is 1.66. The number of carbonyl (C=O) groups is 1. The number of anilines is 2. The molecule has 1 aromatic heterocycles. The van der Waals surface area contributed by atoms with Gasteiger partial charge >= 0.3 is 6.09 Å². The number of carbonyl (C=O) groups excluding carboxylic acids is 1. The van der Waals surface area contributed by atoms with Gasteiger partial charge in [-0.25, -0.2) is 23.5 Å². The number of rotatable bonds is 2. The molecule has 3 aromatic rings. The van der Waals surface area contributed by atoms with Crippen molar-refractivity contribution in [2.75, 3.05) is 24.8 Å².